The SMILES string of the molecule is COC1CCCc2oc(-c3c(C)[nH]c4c(-c5ccccc5)c(C(F)(F)F)nn4c3=O)nc21. The van der Waals surface area contributed by atoms with Crippen molar-refractivity contribution < 1.29 is 22.3 Å². The number of aromatic nitrogens is 4. The second kappa shape index (κ2) is 7.33. The number of nitrogens with zero attached hydrogens (tertiary/aromatic N) is 3. The Morgan fingerprint density at radius 1 is 1.22 bits per heavy atom. The lowest BCUT2D eigenvalue weighted by atomic mass is 9.99. The Balaban J connectivity index is 1.77. The molecule has 1 unspecified atom stereocenters. The van der Waals surface area contributed by atoms with Gasteiger partial charge in [0.2, 0.25) is 5.89 Å². The number of fused-ring (bicyclic) bond motifs is 2. The maximum atomic E-state index is 13.8. The molecule has 0 aliphatic heterocycles. The lowest BCUT2D eigenvalue weighted by Crippen LogP contribution is -2.20. The standard InChI is InChI=1S/C22H19F3N4O3/c1-11-15(20-27-17-13(31-2)9-6-10-14(17)32-20)21(30)29-19(26-11)16(12-7-4-3-5-8-12)18(28-29)22(23,24)25/h3-5,7-8,13,26H,6,9-10H2,1-2H3. The Kier molecular flexibility index (Phi) is 4.70. The number of benzene rings is 1. The molecule has 0 spiro atoms. The fourth-order valence-electron chi connectivity index (χ4n) is 4.23. The first-order valence-electron chi connectivity index (χ1n) is 10.1. The summed E-state index contributed by atoms with van der Waals surface area (Å²) in [6, 6.07) is 8.04. The van der Waals surface area contributed by atoms with Gasteiger partial charge in [-0.25, -0.2) is 4.98 Å². The quantitative estimate of drug-likeness (QED) is 0.495. The van der Waals surface area contributed by atoms with Crippen LogP contribution in [0.1, 0.15) is 41.8 Å². The van der Waals surface area contributed by atoms with Crippen LogP contribution >= 0.6 is 0 Å². The van der Waals surface area contributed by atoms with Crippen molar-refractivity contribution in [1.82, 2.24) is 19.6 Å². The molecule has 166 valence electrons. The summed E-state index contributed by atoms with van der Waals surface area (Å²) in [7, 11) is 1.58. The van der Waals surface area contributed by atoms with Gasteiger partial charge in [-0.15, -0.1) is 0 Å². The number of halogens is 3. The topological polar surface area (TPSA) is 85.4 Å². The molecule has 1 aliphatic carbocycles. The third-order valence-electron chi connectivity index (χ3n) is 5.70. The van der Waals surface area contributed by atoms with Crippen LogP contribution < -0.4 is 5.56 Å². The van der Waals surface area contributed by atoms with Crippen molar-refractivity contribution in [2.24, 2.45) is 0 Å². The smallest absolute Gasteiger partial charge is 0.435 e. The lowest BCUT2D eigenvalue weighted by molar-refractivity contribution is -0.140. The summed E-state index contributed by atoms with van der Waals surface area (Å²) in [5.74, 6) is 0.670. The maximum absolute atomic E-state index is 13.8. The average molecular weight is 444 g/mol. The van der Waals surface area contributed by atoms with Crippen LogP contribution in [0.15, 0.2) is 39.5 Å². The number of rotatable bonds is 3. The van der Waals surface area contributed by atoms with Gasteiger partial charge in [0.1, 0.15) is 28.8 Å². The van der Waals surface area contributed by atoms with Crippen molar-refractivity contribution in [3.05, 3.63) is 63.5 Å². The van der Waals surface area contributed by atoms with E-state index in [1.165, 1.54) is 0 Å². The Morgan fingerprint density at radius 2 is 1.97 bits per heavy atom. The number of alkyl halides is 3. The zero-order chi connectivity index (χ0) is 22.6. The Bertz CT molecular complexity index is 1370. The predicted octanol–water partition coefficient (Wildman–Crippen LogP) is 4.70. The number of ether oxygens (including phenoxy) is 1. The molecule has 0 saturated heterocycles. The number of aromatic amines is 1. The zero-order valence-electron chi connectivity index (χ0n) is 17.3. The lowest BCUT2D eigenvalue weighted by Gasteiger charge is -2.17. The highest BCUT2D eigenvalue weighted by molar-refractivity contribution is 5.81. The first-order valence-corrected chi connectivity index (χ1v) is 10.1. The van der Waals surface area contributed by atoms with E-state index in [0.717, 1.165) is 17.4 Å². The van der Waals surface area contributed by atoms with Crippen LogP contribution in [-0.2, 0) is 17.3 Å². The number of hydrogen-bond donors (Lipinski definition) is 1. The normalized spacial score (nSPS) is 16.5. The van der Waals surface area contributed by atoms with E-state index in [-0.39, 0.29) is 28.8 Å². The van der Waals surface area contributed by atoms with Crippen LogP contribution in [0.5, 0.6) is 0 Å². The number of hydrogen-bond acceptors (Lipinski definition) is 5. The number of methoxy groups -OCH3 is 1. The molecule has 1 N–H and O–H groups in total. The van der Waals surface area contributed by atoms with Crippen molar-refractivity contribution in [1.29, 1.82) is 0 Å². The van der Waals surface area contributed by atoms with Gasteiger partial charge in [0.15, 0.2) is 5.69 Å². The Labute approximate surface area is 179 Å². The summed E-state index contributed by atoms with van der Waals surface area (Å²) in [6.45, 7) is 1.60. The first kappa shape index (κ1) is 20.5. The van der Waals surface area contributed by atoms with E-state index in [1.807, 2.05) is 0 Å². The number of aryl methyl sites for hydroxylation is 2. The van der Waals surface area contributed by atoms with Crippen LogP contribution in [0.3, 0.4) is 0 Å². The number of H-pyrrole nitrogens is 1. The summed E-state index contributed by atoms with van der Waals surface area (Å²) < 4.78 is 53.5. The molecule has 1 aliphatic rings. The predicted molar refractivity (Wildman–Crippen MR) is 109 cm³/mol. The second-order valence-corrected chi connectivity index (χ2v) is 7.72. The van der Waals surface area contributed by atoms with E-state index in [4.69, 9.17) is 9.15 Å². The minimum absolute atomic E-state index is 0.0394. The fourth-order valence-corrected chi connectivity index (χ4v) is 4.23. The van der Waals surface area contributed by atoms with E-state index in [2.05, 4.69) is 15.1 Å². The third kappa shape index (κ3) is 3.13. The molecule has 10 heteroatoms. The molecule has 3 heterocycles. The molecule has 0 saturated carbocycles. The van der Waals surface area contributed by atoms with Gasteiger partial charge in [0, 0.05) is 19.2 Å². The van der Waals surface area contributed by atoms with E-state index >= 15 is 0 Å². The van der Waals surface area contributed by atoms with Gasteiger partial charge in [-0.2, -0.15) is 22.8 Å². The molecule has 7 nitrogen and oxygen atoms in total. The Morgan fingerprint density at radius 3 is 2.66 bits per heavy atom. The van der Waals surface area contributed by atoms with Crippen molar-refractivity contribution in [3.63, 3.8) is 0 Å². The van der Waals surface area contributed by atoms with E-state index in [0.29, 0.717) is 29.1 Å². The minimum Gasteiger partial charge on any atom is -0.440 e. The zero-order valence-corrected chi connectivity index (χ0v) is 17.3. The van der Waals surface area contributed by atoms with Gasteiger partial charge in [-0.05, 0) is 25.3 Å². The van der Waals surface area contributed by atoms with Gasteiger partial charge in [-0.3, -0.25) is 4.79 Å². The largest absolute Gasteiger partial charge is 0.440 e. The molecule has 1 atom stereocenters. The van der Waals surface area contributed by atoms with E-state index in [1.54, 1.807) is 44.4 Å². The van der Waals surface area contributed by atoms with E-state index in [9.17, 15) is 18.0 Å². The average Bonchev–Trinajstić information content (AvgIpc) is 3.36. The summed E-state index contributed by atoms with van der Waals surface area (Å²) in [5, 5.41) is 3.65. The second-order valence-electron chi connectivity index (χ2n) is 7.72. The molecule has 0 radical (unpaired) electrons. The van der Waals surface area contributed by atoms with Crippen LogP contribution in [0.4, 0.5) is 13.2 Å². The van der Waals surface area contributed by atoms with Gasteiger partial charge in [0.05, 0.1) is 5.56 Å². The van der Waals surface area contributed by atoms with Gasteiger partial charge < -0.3 is 14.1 Å². The number of oxazole rings is 1. The monoisotopic (exact) mass is 444 g/mol. The highest BCUT2D eigenvalue weighted by Crippen LogP contribution is 2.39. The molecular formula is C22H19F3N4O3. The van der Waals surface area contributed by atoms with Crippen molar-refractivity contribution in [2.45, 2.75) is 38.5 Å². The minimum atomic E-state index is -4.75. The van der Waals surface area contributed by atoms with Crippen LogP contribution in [0.25, 0.3) is 28.2 Å². The van der Waals surface area contributed by atoms with Crippen LogP contribution in [0.2, 0.25) is 0 Å². The summed E-state index contributed by atoms with van der Waals surface area (Å²) in [6.07, 6.45) is -2.72. The highest BCUT2D eigenvalue weighted by atomic mass is 19.4. The third-order valence-corrected chi connectivity index (χ3v) is 5.70. The van der Waals surface area contributed by atoms with Gasteiger partial charge >= 0.3 is 6.18 Å². The molecular weight excluding hydrogens is 425 g/mol. The van der Waals surface area contributed by atoms with Gasteiger partial charge in [0.25, 0.3) is 5.56 Å². The number of nitrogens with one attached hydrogen (secondary N) is 1. The highest BCUT2D eigenvalue weighted by Gasteiger charge is 2.39. The Hall–Kier alpha value is -3.40. The molecule has 32 heavy (non-hydrogen) atoms. The summed E-state index contributed by atoms with van der Waals surface area (Å²) >= 11 is 0. The van der Waals surface area contributed by atoms with Crippen LogP contribution in [0, 0.1) is 6.92 Å². The molecule has 0 fully saturated rings. The van der Waals surface area contributed by atoms with Crippen molar-refractivity contribution in [2.75, 3.05) is 7.11 Å². The molecule has 1 aromatic carbocycles. The van der Waals surface area contributed by atoms with E-state index < -0.39 is 17.4 Å². The van der Waals surface area contributed by atoms with Crippen LogP contribution in [-0.4, -0.2) is 26.7 Å². The fraction of sp³-hybridized carbons (Fsp3) is 0.318. The van der Waals surface area contributed by atoms with Crippen molar-refractivity contribution in [3.8, 4) is 22.6 Å². The maximum Gasteiger partial charge on any atom is 0.435 e. The molecule has 5 rings (SSSR count). The summed E-state index contributed by atoms with van der Waals surface area (Å²) in [4.78, 5) is 20.7. The van der Waals surface area contributed by atoms with Crippen molar-refractivity contribution >= 4 is 5.65 Å². The molecule has 0 amide bonds. The molecule has 4 aromatic rings. The summed E-state index contributed by atoms with van der Waals surface area (Å²) in [5.41, 5.74) is -0.812. The molecule has 0 bridgehead atoms. The first-order chi connectivity index (χ1) is 15.3. The molecule has 3 aromatic heterocycles. The van der Waals surface area contributed by atoms with Gasteiger partial charge in [-0.1, -0.05) is 30.3 Å².